The summed E-state index contributed by atoms with van der Waals surface area (Å²) in [6, 6.07) is 0.0662. The van der Waals surface area contributed by atoms with E-state index in [1.165, 1.54) is 25.7 Å². The molecule has 2 heterocycles. The molecule has 1 aromatic heterocycles. The van der Waals surface area contributed by atoms with Gasteiger partial charge in [0.2, 0.25) is 5.89 Å². The molecule has 0 bridgehead atoms. The molecule has 1 N–H and O–H groups in total. The third-order valence-corrected chi connectivity index (χ3v) is 4.82. The smallest absolute Gasteiger partial charge is 0.246 e. The molecule has 1 saturated heterocycles. The van der Waals surface area contributed by atoms with Gasteiger partial charge in [-0.25, -0.2) is 0 Å². The van der Waals surface area contributed by atoms with Crippen molar-refractivity contribution < 1.29 is 9.26 Å². The molecule has 1 saturated carbocycles. The van der Waals surface area contributed by atoms with Gasteiger partial charge < -0.3 is 14.6 Å². The van der Waals surface area contributed by atoms with Crippen molar-refractivity contribution in [3.05, 3.63) is 11.7 Å². The Balaban J connectivity index is 1.52. The molecule has 0 radical (unpaired) electrons. The van der Waals surface area contributed by atoms with E-state index in [1.54, 1.807) is 0 Å². The van der Waals surface area contributed by atoms with Gasteiger partial charge in [0.05, 0.1) is 19.0 Å². The van der Waals surface area contributed by atoms with Crippen molar-refractivity contribution in [2.24, 2.45) is 0 Å². The fourth-order valence-electron chi connectivity index (χ4n) is 2.44. The lowest BCUT2D eigenvalue weighted by Gasteiger charge is -2.20. The topological polar surface area (TPSA) is 60.2 Å². The van der Waals surface area contributed by atoms with Crippen LogP contribution in [0.3, 0.4) is 0 Å². The van der Waals surface area contributed by atoms with Gasteiger partial charge in [0.15, 0.2) is 5.82 Å². The highest BCUT2D eigenvalue weighted by Crippen LogP contribution is 2.31. The molecule has 1 atom stereocenters. The van der Waals surface area contributed by atoms with Gasteiger partial charge in [-0.1, -0.05) is 18.0 Å². The maximum Gasteiger partial charge on any atom is 0.246 e. The summed E-state index contributed by atoms with van der Waals surface area (Å²) in [5, 5.41) is 8.16. The highest BCUT2D eigenvalue weighted by atomic mass is 32.2. The van der Waals surface area contributed by atoms with Crippen LogP contribution in [0.5, 0.6) is 0 Å². The van der Waals surface area contributed by atoms with Gasteiger partial charge in [-0.05, 0) is 12.8 Å². The maximum atomic E-state index is 5.39. The normalized spacial score (nSPS) is 25.7. The highest BCUT2D eigenvalue weighted by molar-refractivity contribution is 7.99. The molecule has 0 aromatic carbocycles. The lowest BCUT2D eigenvalue weighted by Crippen LogP contribution is -2.34. The Hall–Kier alpha value is -0.590. The summed E-state index contributed by atoms with van der Waals surface area (Å²) in [7, 11) is 0. The van der Waals surface area contributed by atoms with E-state index in [4.69, 9.17) is 9.26 Å². The average Bonchev–Trinajstić information content (AvgIpc) is 3.09. The fraction of sp³-hybridized carbons (Fsp3) is 0.833. The van der Waals surface area contributed by atoms with Crippen LogP contribution in [0, 0.1) is 0 Å². The van der Waals surface area contributed by atoms with E-state index in [1.807, 2.05) is 11.8 Å². The van der Waals surface area contributed by atoms with Crippen LogP contribution in [-0.2, 0) is 10.5 Å². The SMILES string of the molecule is C1CCC(SCc2noc(C3COCCN3)n2)C1. The number of rotatable bonds is 4. The van der Waals surface area contributed by atoms with Crippen LogP contribution in [0.1, 0.15) is 43.4 Å². The maximum absolute atomic E-state index is 5.39. The van der Waals surface area contributed by atoms with Crippen LogP contribution in [0.2, 0.25) is 0 Å². The van der Waals surface area contributed by atoms with Crippen LogP contribution in [0.25, 0.3) is 0 Å². The first kappa shape index (κ1) is 12.4. The lowest BCUT2D eigenvalue weighted by atomic mass is 10.3. The van der Waals surface area contributed by atoms with E-state index >= 15 is 0 Å². The first-order valence-electron chi connectivity index (χ1n) is 6.67. The molecule has 0 amide bonds. The summed E-state index contributed by atoms with van der Waals surface area (Å²) >= 11 is 1.96. The van der Waals surface area contributed by atoms with E-state index in [2.05, 4.69) is 15.5 Å². The number of aromatic nitrogens is 2. The summed E-state index contributed by atoms with van der Waals surface area (Å²) in [6.45, 7) is 2.23. The minimum absolute atomic E-state index is 0.0662. The van der Waals surface area contributed by atoms with E-state index in [-0.39, 0.29) is 6.04 Å². The number of hydrogen-bond donors (Lipinski definition) is 1. The zero-order valence-corrected chi connectivity index (χ0v) is 11.2. The van der Waals surface area contributed by atoms with E-state index in [0.717, 1.165) is 30.0 Å². The van der Waals surface area contributed by atoms with Crippen molar-refractivity contribution in [1.29, 1.82) is 0 Å². The summed E-state index contributed by atoms with van der Waals surface area (Å²) in [4.78, 5) is 4.45. The number of hydrogen-bond acceptors (Lipinski definition) is 6. The number of morpholine rings is 1. The molecule has 6 heteroatoms. The van der Waals surface area contributed by atoms with Gasteiger partial charge in [0.25, 0.3) is 0 Å². The molecule has 3 rings (SSSR count). The monoisotopic (exact) mass is 269 g/mol. The second-order valence-electron chi connectivity index (χ2n) is 4.85. The average molecular weight is 269 g/mol. The minimum Gasteiger partial charge on any atom is -0.378 e. The van der Waals surface area contributed by atoms with Gasteiger partial charge in [-0.15, -0.1) is 0 Å². The summed E-state index contributed by atoms with van der Waals surface area (Å²) in [6.07, 6.45) is 5.43. The first-order valence-corrected chi connectivity index (χ1v) is 7.72. The van der Waals surface area contributed by atoms with E-state index in [0.29, 0.717) is 12.5 Å². The second-order valence-corrected chi connectivity index (χ2v) is 6.14. The van der Waals surface area contributed by atoms with Crippen molar-refractivity contribution >= 4 is 11.8 Å². The quantitative estimate of drug-likeness (QED) is 0.901. The zero-order valence-electron chi connectivity index (χ0n) is 10.4. The van der Waals surface area contributed by atoms with E-state index in [9.17, 15) is 0 Å². The number of nitrogens with zero attached hydrogens (tertiary/aromatic N) is 2. The Labute approximate surface area is 111 Å². The van der Waals surface area contributed by atoms with Crippen molar-refractivity contribution in [2.45, 2.75) is 42.7 Å². The van der Waals surface area contributed by atoms with Crippen LogP contribution in [0.4, 0.5) is 0 Å². The molecular weight excluding hydrogens is 250 g/mol. The largest absolute Gasteiger partial charge is 0.378 e. The fourth-order valence-corrected chi connectivity index (χ4v) is 3.61. The molecule has 0 spiro atoms. The zero-order chi connectivity index (χ0) is 12.2. The molecule has 18 heavy (non-hydrogen) atoms. The Morgan fingerprint density at radius 2 is 2.22 bits per heavy atom. The molecule has 1 aliphatic carbocycles. The number of nitrogens with one attached hydrogen (secondary N) is 1. The third kappa shape index (κ3) is 3.05. The molecule has 1 unspecified atom stereocenters. The van der Waals surface area contributed by atoms with Crippen LogP contribution < -0.4 is 5.32 Å². The number of ether oxygens (including phenoxy) is 1. The lowest BCUT2D eigenvalue weighted by molar-refractivity contribution is 0.0659. The first-order chi connectivity index (χ1) is 8.92. The Kier molecular flexibility index (Phi) is 4.17. The third-order valence-electron chi connectivity index (χ3n) is 3.45. The van der Waals surface area contributed by atoms with Crippen molar-refractivity contribution in [3.8, 4) is 0 Å². The van der Waals surface area contributed by atoms with E-state index < -0.39 is 0 Å². The Bertz CT molecular complexity index is 373. The van der Waals surface area contributed by atoms with Gasteiger partial charge in [-0.3, -0.25) is 0 Å². The predicted octanol–water partition coefficient (Wildman–Crippen LogP) is 1.91. The van der Waals surface area contributed by atoms with Gasteiger partial charge in [0.1, 0.15) is 6.04 Å². The van der Waals surface area contributed by atoms with Crippen LogP contribution in [-0.4, -0.2) is 35.1 Å². The summed E-state index contributed by atoms with van der Waals surface area (Å²) in [5.74, 6) is 2.34. The molecule has 5 nitrogen and oxygen atoms in total. The van der Waals surface area contributed by atoms with Gasteiger partial charge in [-0.2, -0.15) is 16.7 Å². The predicted molar refractivity (Wildman–Crippen MR) is 69.4 cm³/mol. The van der Waals surface area contributed by atoms with Crippen molar-refractivity contribution in [2.75, 3.05) is 19.8 Å². The van der Waals surface area contributed by atoms with Gasteiger partial charge in [0, 0.05) is 11.8 Å². The van der Waals surface area contributed by atoms with Gasteiger partial charge >= 0.3 is 0 Å². The van der Waals surface area contributed by atoms with Crippen LogP contribution in [0.15, 0.2) is 4.52 Å². The summed E-state index contributed by atoms with van der Waals surface area (Å²) in [5.41, 5.74) is 0. The molecule has 1 aromatic rings. The Morgan fingerprint density at radius 3 is 3.00 bits per heavy atom. The van der Waals surface area contributed by atoms with Crippen molar-refractivity contribution in [3.63, 3.8) is 0 Å². The second kappa shape index (κ2) is 6.04. The molecule has 100 valence electrons. The molecule has 2 aliphatic rings. The Morgan fingerprint density at radius 1 is 1.33 bits per heavy atom. The number of thioether (sulfide) groups is 1. The standard InChI is InChI=1S/C12H19N3O2S/c1-2-4-9(3-1)18-8-11-14-12(17-15-11)10-7-16-6-5-13-10/h9-10,13H,1-8H2. The summed E-state index contributed by atoms with van der Waals surface area (Å²) < 4.78 is 10.7. The van der Waals surface area contributed by atoms with Crippen LogP contribution >= 0.6 is 11.8 Å². The highest BCUT2D eigenvalue weighted by Gasteiger charge is 2.22. The van der Waals surface area contributed by atoms with Crippen molar-refractivity contribution in [1.82, 2.24) is 15.5 Å². The molecule has 2 fully saturated rings. The minimum atomic E-state index is 0.0662. The molecule has 1 aliphatic heterocycles. The molecular formula is C12H19N3O2S.